The summed E-state index contributed by atoms with van der Waals surface area (Å²) in [6.07, 6.45) is 47.7. The molecule has 9 nitrogen and oxygen atoms in total. The van der Waals surface area contributed by atoms with Gasteiger partial charge in [0, 0.05) is 65.2 Å². The zero-order chi connectivity index (χ0) is 45.0. The van der Waals surface area contributed by atoms with Gasteiger partial charge >= 0.3 is 5.97 Å². The summed E-state index contributed by atoms with van der Waals surface area (Å²) in [6, 6.07) is 0. The van der Waals surface area contributed by atoms with E-state index in [9.17, 15) is 14.4 Å². The first kappa shape index (κ1) is 60.9. The standard InChI is InChI=1S/C44H87N5O2.C8H16O2/c1-3-5-7-9-11-13-15-17-19-21-23-25-27-29-31-33-43(50)48-41-39-46-37-35-45-36-38-47-40-42-49-44(51)34-32-30-28-26-24-22-20-18-16-14-12-10-8-6-4-2;1-3-5-6-7(4-2)8(9)10/h17-20,45-47H,3-16,21-42H2,1-2H3,(H,48,50)(H,49,51);7H,3-6H2,1-2H3,(H,9,10)/b19-17-,20-18-;. The van der Waals surface area contributed by atoms with Gasteiger partial charge in [-0.15, -0.1) is 0 Å². The molecule has 0 aliphatic heterocycles. The number of nitrogens with one attached hydrogen (secondary N) is 5. The molecule has 0 bridgehead atoms. The number of amides is 2. The first-order chi connectivity index (χ1) is 29.9. The van der Waals surface area contributed by atoms with Crippen LogP contribution in [0.3, 0.4) is 0 Å². The van der Waals surface area contributed by atoms with Crippen LogP contribution in [0.15, 0.2) is 24.3 Å². The second-order valence-electron chi connectivity index (χ2n) is 17.2. The maximum absolute atomic E-state index is 12.1. The van der Waals surface area contributed by atoms with E-state index in [-0.39, 0.29) is 17.7 Å². The minimum atomic E-state index is -0.643. The highest BCUT2D eigenvalue weighted by molar-refractivity contribution is 5.76. The number of carboxylic acid groups (broad SMARTS) is 1. The molecule has 1 unspecified atom stereocenters. The van der Waals surface area contributed by atoms with Crippen LogP contribution in [0.1, 0.15) is 233 Å². The van der Waals surface area contributed by atoms with Crippen molar-refractivity contribution in [2.45, 2.75) is 233 Å². The second-order valence-corrected chi connectivity index (χ2v) is 17.2. The van der Waals surface area contributed by atoms with E-state index in [1.165, 1.54) is 141 Å². The van der Waals surface area contributed by atoms with Crippen LogP contribution < -0.4 is 26.6 Å². The van der Waals surface area contributed by atoms with Crippen LogP contribution >= 0.6 is 0 Å². The molecule has 0 saturated heterocycles. The molecule has 0 aromatic carbocycles. The summed E-state index contributed by atoms with van der Waals surface area (Å²) < 4.78 is 0. The fraction of sp³-hybridized carbons (Fsp3) is 0.865. The fourth-order valence-corrected chi connectivity index (χ4v) is 7.15. The van der Waals surface area contributed by atoms with Crippen molar-refractivity contribution in [1.29, 1.82) is 0 Å². The molecule has 9 heteroatoms. The van der Waals surface area contributed by atoms with Crippen molar-refractivity contribution in [2.24, 2.45) is 5.92 Å². The SMILES string of the molecule is CCCCC(CC)C(=O)O.CCCCCCCC/C=C\CCCCCCCC(=O)NCCNCCNCCNCCNC(=O)CCCCCCC/C=C\CCCCCCCC. The molecule has 0 aromatic rings. The lowest BCUT2D eigenvalue weighted by molar-refractivity contribution is -0.142. The number of unbranched alkanes of at least 4 members (excludes halogenated alkanes) is 23. The Morgan fingerprint density at radius 1 is 0.393 bits per heavy atom. The Balaban J connectivity index is 0. The summed E-state index contributed by atoms with van der Waals surface area (Å²) in [5, 5.41) is 24.8. The average Bonchev–Trinajstić information content (AvgIpc) is 3.25. The molecule has 6 N–H and O–H groups in total. The molecule has 2 amide bonds. The van der Waals surface area contributed by atoms with Crippen molar-refractivity contribution in [2.75, 3.05) is 52.4 Å². The van der Waals surface area contributed by atoms with Crippen LogP contribution in [0.25, 0.3) is 0 Å². The Hall–Kier alpha value is -2.23. The van der Waals surface area contributed by atoms with Crippen molar-refractivity contribution in [3.8, 4) is 0 Å². The number of hydrogen-bond donors (Lipinski definition) is 6. The van der Waals surface area contributed by atoms with E-state index in [2.05, 4.69) is 71.7 Å². The Labute approximate surface area is 378 Å². The van der Waals surface area contributed by atoms with Gasteiger partial charge in [-0.25, -0.2) is 0 Å². The Morgan fingerprint density at radius 3 is 1.00 bits per heavy atom. The van der Waals surface area contributed by atoms with Crippen LogP contribution in [0.5, 0.6) is 0 Å². The summed E-state index contributed by atoms with van der Waals surface area (Å²) in [4.78, 5) is 34.5. The van der Waals surface area contributed by atoms with Crippen molar-refractivity contribution in [3.63, 3.8) is 0 Å². The zero-order valence-corrected chi connectivity index (χ0v) is 40.8. The maximum atomic E-state index is 12.1. The highest BCUT2D eigenvalue weighted by atomic mass is 16.4. The number of rotatable bonds is 47. The quantitative estimate of drug-likeness (QED) is 0.0265. The molecular formula is C52H103N5O4. The van der Waals surface area contributed by atoms with Crippen LogP contribution in [0, 0.1) is 5.92 Å². The smallest absolute Gasteiger partial charge is 0.306 e. The molecule has 0 fully saturated rings. The largest absolute Gasteiger partial charge is 0.481 e. The van der Waals surface area contributed by atoms with Gasteiger partial charge in [0.25, 0.3) is 0 Å². The first-order valence-electron chi connectivity index (χ1n) is 26.1. The Morgan fingerprint density at radius 2 is 0.689 bits per heavy atom. The molecule has 0 heterocycles. The number of carboxylic acids is 1. The van der Waals surface area contributed by atoms with E-state index in [1.807, 2.05) is 6.92 Å². The van der Waals surface area contributed by atoms with Crippen LogP contribution in [0.2, 0.25) is 0 Å². The van der Waals surface area contributed by atoms with E-state index in [0.29, 0.717) is 25.9 Å². The van der Waals surface area contributed by atoms with Gasteiger partial charge in [0.05, 0.1) is 5.92 Å². The highest BCUT2D eigenvalue weighted by Crippen LogP contribution is 2.13. The molecule has 0 aliphatic carbocycles. The summed E-state index contributed by atoms with van der Waals surface area (Å²) in [6.45, 7) is 15.1. The predicted molar refractivity (Wildman–Crippen MR) is 264 cm³/mol. The number of aliphatic carboxylic acids is 1. The normalized spacial score (nSPS) is 11.9. The van der Waals surface area contributed by atoms with Gasteiger partial charge in [-0.3, -0.25) is 14.4 Å². The predicted octanol–water partition coefficient (Wildman–Crippen LogP) is 12.3. The minimum absolute atomic E-state index is 0.111. The monoisotopic (exact) mass is 862 g/mol. The van der Waals surface area contributed by atoms with Crippen LogP contribution in [0.4, 0.5) is 0 Å². The number of hydrogen-bond acceptors (Lipinski definition) is 6. The summed E-state index contributed by atoms with van der Waals surface area (Å²) in [5.41, 5.74) is 0. The summed E-state index contributed by atoms with van der Waals surface area (Å²) in [5.74, 6) is -0.397. The van der Waals surface area contributed by atoms with Crippen LogP contribution in [-0.4, -0.2) is 75.2 Å². The molecule has 0 radical (unpaired) electrons. The van der Waals surface area contributed by atoms with Gasteiger partial charge in [0.2, 0.25) is 11.8 Å². The van der Waals surface area contributed by atoms with Gasteiger partial charge in [-0.05, 0) is 77.0 Å². The zero-order valence-electron chi connectivity index (χ0n) is 40.8. The third kappa shape index (κ3) is 53.8. The van der Waals surface area contributed by atoms with Crippen molar-refractivity contribution in [1.82, 2.24) is 26.6 Å². The van der Waals surface area contributed by atoms with Gasteiger partial charge in [0.1, 0.15) is 0 Å². The van der Waals surface area contributed by atoms with Crippen LogP contribution in [-0.2, 0) is 14.4 Å². The van der Waals surface area contributed by atoms with Gasteiger partial charge < -0.3 is 31.7 Å². The highest BCUT2D eigenvalue weighted by Gasteiger charge is 2.13. The second kappa shape index (κ2) is 53.9. The molecule has 0 aromatic heterocycles. The lowest BCUT2D eigenvalue weighted by Gasteiger charge is -2.09. The molecule has 61 heavy (non-hydrogen) atoms. The maximum Gasteiger partial charge on any atom is 0.306 e. The first-order valence-corrected chi connectivity index (χ1v) is 26.1. The van der Waals surface area contributed by atoms with Crippen molar-refractivity contribution in [3.05, 3.63) is 24.3 Å². The molecule has 0 aliphatic rings. The molecule has 0 spiro atoms. The molecule has 1 atom stereocenters. The minimum Gasteiger partial charge on any atom is -0.481 e. The van der Waals surface area contributed by atoms with Gasteiger partial charge in [-0.1, -0.05) is 168 Å². The fourth-order valence-electron chi connectivity index (χ4n) is 7.15. The summed E-state index contributed by atoms with van der Waals surface area (Å²) >= 11 is 0. The molecular weight excluding hydrogens is 759 g/mol. The Bertz CT molecular complexity index is 913. The molecule has 0 rings (SSSR count). The van der Waals surface area contributed by atoms with Gasteiger partial charge in [-0.2, -0.15) is 0 Å². The lowest BCUT2D eigenvalue weighted by atomic mass is 10.00. The average molecular weight is 862 g/mol. The topological polar surface area (TPSA) is 132 Å². The number of carbonyl (C=O) groups excluding carboxylic acids is 2. The van der Waals surface area contributed by atoms with E-state index < -0.39 is 5.97 Å². The summed E-state index contributed by atoms with van der Waals surface area (Å²) in [7, 11) is 0. The van der Waals surface area contributed by atoms with E-state index >= 15 is 0 Å². The van der Waals surface area contributed by atoms with Gasteiger partial charge in [0.15, 0.2) is 0 Å². The molecule has 0 saturated carbocycles. The Kier molecular flexibility index (Phi) is 53.8. The lowest BCUT2D eigenvalue weighted by Crippen LogP contribution is -2.37. The number of allylic oxidation sites excluding steroid dienone is 4. The van der Waals surface area contributed by atoms with Crippen molar-refractivity contribution < 1.29 is 19.5 Å². The van der Waals surface area contributed by atoms with E-state index in [1.54, 1.807) is 0 Å². The van der Waals surface area contributed by atoms with E-state index in [0.717, 1.165) is 90.6 Å². The number of carbonyl (C=O) groups is 3. The van der Waals surface area contributed by atoms with E-state index in [4.69, 9.17) is 5.11 Å². The third-order valence-corrected chi connectivity index (χ3v) is 11.3. The molecule has 360 valence electrons. The third-order valence-electron chi connectivity index (χ3n) is 11.3. The van der Waals surface area contributed by atoms with Crippen molar-refractivity contribution >= 4 is 17.8 Å².